The molecule has 2 nitrogen and oxygen atoms in total. The molecule has 0 heterocycles. The molecule has 0 saturated heterocycles. The largest absolute Gasteiger partial charge is 0.461 e. The molecule has 38 heavy (non-hydrogen) atoms. The molecule has 0 aliphatic heterocycles. The first-order valence-electron chi connectivity index (χ1n) is 17.2. The normalized spacial score (nSPS) is 13.7. The van der Waals surface area contributed by atoms with Gasteiger partial charge in [-0.15, -0.1) is 0 Å². The number of hydrogen-bond acceptors (Lipinski definition) is 2. The Morgan fingerprint density at radius 2 is 1.03 bits per heavy atom. The number of carbonyl (C=O) groups is 1. The highest BCUT2D eigenvalue weighted by Gasteiger charge is 2.07. The zero-order valence-electron chi connectivity index (χ0n) is 27.1. The molecule has 0 bridgehead atoms. The predicted molar refractivity (Wildman–Crippen MR) is 170 cm³/mol. The minimum Gasteiger partial charge on any atom is -0.461 e. The van der Waals surface area contributed by atoms with Gasteiger partial charge in [0.1, 0.15) is 6.61 Å². The van der Waals surface area contributed by atoms with Gasteiger partial charge in [-0.05, 0) is 50.0 Å². The van der Waals surface area contributed by atoms with Crippen LogP contribution in [0.4, 0.5) is 0 Å². The van der Waals surface area contributed by atoms with E-state index in [0.717, 1.165) is 37.0 Å². The minimum absolute atomic E-state index is 0.0239. The summed E-state index contributed by atoms with van der Waals surface area (Å²) in [4.78, 5) is 12.0. The van der Waals surface area contributed by atoms with Gasteiger partial charge >= 0.3 is 5.97 Å². The second-order valence-electron chi connectivity index (χ2n) is 13.1. The Morgan fingerprint density at radius 3 is 1.53 bits per heavy atom. The van der Waals surface area contributed by atoms with Gasteiger partial charge in [-0.1, -0.05) is 162 Å². The molecule has 0 aliphatic rings. The van der Waals surface area contributed by atoms with E-state index in [9.17, 15) is 4.79 Å². The van der Waals surface area contributed by atoms with Crippen molar-refractivity contribution in [3.05, 3.63) is 11.6 Å². The Balaban J connectivity index is 3.55. The maximum Gasteiger partial charge on any atom is 0.306 e. The van der Waals surface area contributed by atoms with Crippen LogP contribution in [-0.2, 0) is 9.53 Å². The van der Waals surface area contributed by atoms with Crippen LogP contribution in [0, 0.1) is 17.8 Å². The van der Waals surface area contributed by atoms with E-state index in [0.29, 0.717) is 13.0 Å². The summed E-state index contributed by atoms with van der Waals surface area (Å²) >= 11 is 0. The van der Waals surface area contributed by atoms with E-state index in [1.54, 1.807) is 0 Å². The molecule has 0 N–H and O–H groups in total. The van der Waals surface area contributed by atoms with E-state index in [-0.39, 0.29) is 5.97 Å². The smallest absolute Gasteiger partial charge is 0.306 e. The number of esters is 1. The van der Waals surface area contributed by atoms with Crippen molar-refractivity contribution in [2.24, 2.45) is 17.8 Å². The lowest BCUT2D eigenvalue weighted by molar-refractivity contribution is -0.142. The van der Waals surface area contributed by atoms with Crippen molar-refractivity contribution in [2.75, 3.05) is 6.61 Å². The molecule has 0 saturated carbocycles. The maximum absolute atomic E-state index is 12.0. The van der Waals surface area contributed by atoms with Gasteiger partial charge < -0.3 is 4.74 Å². The van der Waals surface area contributed by atoms with Crippen molar-refractivity contribution in [2.45, 2.75) is 189 Å². The van der Waals surface area contributed by atoms with Crippen LogP contribution in [0.25, 0.3) is 0 Å². The average molecular weight is 535 g/mol. The Kier molecular flexibility index (Phi) is 27.2. The number of allylic oxidation sites excluding steroid dienone is 1. The highest BCUT2D eigenvalue weighted by atomic mass is 16.5. The number of carbonyl (C=O) groups excluding carboxylic acids is 1. The Labute approximate surface area is 240 Å². The van der Waals surface area contributed by atoms with Gasteiger partial charge in [0.05, 0.1) is 0 Å². The minimum atomic E-state index is -0.0239. The maximum atomic E-state index is 12.0. The molecule has 0 aliphatic carbocycles. The molecule has 0 rings (SSSR count). The Morgan fingerprint density at radius 1 is 0.579 bits per heavy atom. The zero-order valence-corrected chi connectivity index (χ0v) is 27.1. The highest BCUT2D eigenvalue weighted by molar-refractivity contribution is 5.69. The second kappa shape index (κ2) is 27.8. The summed E-state index contributed by atoms with van der Waals surface area (Å²) in [6, 6.07) is 0. The van der Waals surface area contributed by atoms with Crippen LogP contribution in [0.15, 0.2) is 11.6 Å². The van der Waals surface area contributed by atoms with Crippen LogP contribution in [0.1, 0.15) is 189 Å². The fourth-order valence-corrected chi connectivity index (χ4v) is 5.45. The lowest BCUT2D eigenvalue weighted by Gasteiger charge is -2.15. The molecule has 0 radical (unpaired) electrons. The molecular weight excluding hydrogens is 464 g/mol. The van der Waals surface area contributed by atoms with Crippen molar-refractivity contribution < 1.29 is 9.53 Å². The van der Waals surface area contributed by atoms with Crippen LogP contribution in [-0.4, -0.2) is 12.6 Å². The van der Waals surface area contributed by atoms with Crippen molar-refractivity contribution in [3.63, 3.8) is 0 Å². The van der Waals surface area contributed by atoms with Crippen LogP contribution >= 0.6 is 0 Å². The van der Waals surface area contributed by atoms with Crippen LogP contribution in [0.3, 0.4) is 0 Å². The van der Waals surface area contributed by atoms with Crippen molar-refractivity contribution in [1.82, 2.24) is 0 Å². The SMILES string of the molecule is CCCCCCCCCCCCCCCC(=O)OC/C=C(\C)CCC[C@H](C)CCC[C@H](C)CCCC(C)C. The standard InChI is InChI=1S/C36H70O2/c1-7-8-9-10-11-12-13-14-15-16-17-18-19-29-36(37)38-31-30-35(6)28-22-27-34(5)26-21-25-33(4)24-20-23-32(2)3/h30,32-34H,7-29,31H2,1-6H3/b35-30+/t33-,34-/m1/s1. The van der Waals surface area contributed by atoms with E-state index in [2.05, 4.69) is 47.6 Å². The molecule has 0 amide bonds. The second-order valence-corrected chi connectivity index (χ2v) is 13.1. The third-order valence-corrected chi connectivity index (χ3v) is 8.30. The molecule has 0 aromatic carbocycles. The van der Waals surface area contributed by atoms with Crippen molar-refractivity contribution >= 4 is 5.97 Å². The van der Waals surface area contributed by atoms with E-state index < -0.39 is 0 Å². The fraction of sp³-hybridized carbons (Fsp3) is 0.917. The average Bonchev–Trinajstić information content (AvgIpc) is 2.86. The van der Waals surface area contributed by atoms with Crippen LogP contribution in [0.2, 0.25) is 0 Å². The van der Waals surface area contributed by atoms with Gasteiger partial charge in [-0.25, -0.2) is 0 Å². The third kappa shape index (κ3) is 28.2. The van der Waals surface area contributed by atoms with Gasteiger partial charge in [-0.3, -0.25) is 4.79 Å². The number of hydrogen-bond donors (Lipinski definition) is 0. The lowest BCUT2D eigenvalue weighted by atomic mass is 9.91. The summed E-state index contributed by atoms with van der Waals surface area (Å²) < 4.78 is 5.45. The lowest BCUT2D eigenvalue weighted by Crippen LogP contribution is -2.04. The summed E-state index contributed by atoms with van der Waals surface area (Å²) in [6.07, 6.45) is 32.0. The van der Waals surface area contributed by atoms with Crippen LogP contribution in [0.5, 0.6) is 0 Å². The molecule has 0 spiro atoms. The van der Waals surface area contributed by atoms with E-state index in [1.807, 2.05) is 0 Å². The van der Waals surface area contributed by atoms with Gasteiger partial charge in [0.25, 0.3) is 0 Å². The number of ether oxygens (including phenoxy) is 1. The number of rotatable bonds is 28. The Hall–Kier alpha value is -0.790. The highest BCUT2D eigenvalue weighted by Crippen LogP contribution is 2.22. The molecule has 2 atom stereocenters. The molecule has 226 valence electrons. The van der Waals surface area contributed by atoms with Gasteiger partial charge in [0.2, 0.25) is 0 Å². The summed E-state index contributed by atoms with van der Waals surface area (Å²) in [5, 5.41) is 0. The Bertz CT molecular complexity index is 535. The number of unbranched alkanes of at least 4 members (excludes halogenated alkanes) is 12. The molecule has 2 heteroatoms. The monoisotopic (exact) mass is 535 g/mol. The van der Waals surface area contributed by atoms with E-state index in [4.69, 9.17) is 4.74 Å². The predicted octanol–water partition coefficient (Wildman–Crippen LogP) is 12.4. The first-order valence-corrected chi connectivity index (χ1v) is 17.2. The van der Waals surface area contributed by atoms with Crippen LogP contribution < -0.4 is 0 Å². The fourth-order valence-electron chi connectivity index (χ4n) is 5.45. The van der Waals surface area contributed by atoms with E-state index >= 15 is 0 Å². The topological polar surface area (TPSA) is 26.3 Å². The summed E-state index contributed by atoms with van der Waals surface area (Å²) in [7, 11) is 0. The first kappa shape index (κ1) is 37.2. The molecular formula is C36H70O2. The molecule has 0 aromatic rings. The first-order chi connectivity index (χ1) is 18.3. The molecule has 0 fully saturated rings. The van der Waals surface area contributed by atoms with Gasteiger partial charge in [-0.2, -0.15) is 0 Å². The summed E-state index contributed by atoms with van der Waals surface area (Å²) in [5.41, 5.74) is 1.37. The molecule has 0 aromatic heterocycles. The third-order valence-electron chi connectivity index (χ3n) is 8.30. The van der Waals surface area contributed by atoms with E-state index in [1.165, 1.54) is 128 Å². The van der Waals surface area contributed by atoms with Gasteiger partial charge in [0.15, 0.2) is 0 Å². The summed E-state index contributed by atoms with van der Waals surface area (Å²) in [6.45, 7) is 14.4. The quantitative estimate of drug-likeness (QED) is 0.0566. The van der Waals surface area contributed by atoms with Gasteiger partial charge in [0, 0.05) is 6.42 Å². The zero-order chi connectivity index (χ0) is 28.3. The van der Waals surface area contributed by atoms with Crippen molar-refractivity contribution in [1.29, 1.82) is 0 Å². The molecule has 0 unspecified atom stereocenters. The van der Waals surface area contributed by atoms with Crippen molar-refractivity contribution in [3.8, 4) is 0 Å². The summed E-state index contributed by atoms with van der Waals surface area (Å²) in [5.74, 6) is 2.53.